The van der Waals surface area contributed by atoms with Gasteiger partial charge in [-0.05, 0) is 38.5 Å². The van der Waals surface area contributed by atoms with Crippen molar-refractivity contribution >= 4 is 53.2 Å². The van der Waals surface area contributed by atoms with Crippen molar-refractivity contribution in [1.29, 1.82) is 0 Å². The normalized spacial score (nSPS) is 21.2. The van der Waals surface area contributed by atoms with Gasteiger partial charge in [0.05, 0.1) is 19.7 Å². The highest BCUT2D eigenvalue weighted by atomic mass is 16.5. The third-order valence-corrected chi connectivity index (χ3v) is 7.28. The molecule has 1 fully saturated rings. The smallest absolute Gasteiger partial charge is 0.245 e. The predicted molar refractivity (Wildman–Crippen MR) is 166 cm³/mol. The number of hydrogen-bond acceptors (Lipinski definition) is 13. The largest absolute Gasteiger partial charge is 0.394 e. The topological polar surface area (TPSA) is 316 Å². The lowest BCUT2D eigenvalue weighted by Crippen LogP contribution is -2.59. The molecule has 1 aliphatic heterocycles. The third kappa shape index (κ3) is 16.0. The average molecular weight is 718 g/mol. The number of rotatable bonds is 13. The summed E-state index contributed by atoms with van der Waals surface area (Å²) in [5.41, 5.74) is 0. The first-order valence-corrected chi connectivity index (χ1v) is 15.7. The van der Waals surface area contributed by atoms with Gasteiger partial charge in [0.2, 0.25) is 53.2 Å². The van der Waals surface area contributed by atoms with Crippen molar-refractivity contribution in [1.82, 2.24) is 47.1 Å². The van der Waals surface area contributed by atoms with Crippen LogP contribution in [-0.2, 0) is 43.2 Å². The van der Waals surface area contributed by atoms with Crippen molar-refractivity contribution in [3.05, 3.63) is 0 Å². The van der Waals surface area contributed by atoms with E-state index in [1.165, 1.54) is 0 Å². The molecule has 4 atom stereocenters. The Morgan fingerprint density at radius 3 is 1.18 bits per heavy atom. The number of carbonyl (C=O) groups is 9. The summed E-state index contributed by atoms with van der Waals surface area (Å²) in [6, 6.07) is -5.79. The standard InChI is InChI=1S/C28H47N9O13/c1-16(39)35(48)10-4-7-19-25(44)29-14-24(43)32-22(15-38)26(45)30-13-23(42)31-20(8-5-11-36(49)17(2)40)27(46)34-21(28(47)33-19)9-6-12-37(50)18(3)41/h19-22,38,48-50H,4-15H2,1-3H3,(H,29,44)(H,30,45)(H,31,42)(H,32,43)(H,33,47)(H,34,46)/t19-,20-,21+,22-/m0/s1. The van der Waals surface area contributed by atoms with Gasteiger partial charge >= 0.3 is 0 Å². The molecule has 0 radical (unpaired) electrons. The number of aliphatic hydroxyl groups excluding tert-OH is 1. The Morgan fingerprint density at radius 2 is 0.840 bits per heavy atom. The summed E-state index contributed by atoms with van der Waals surface area (Å²) < 4.78 is 0. The highest BCUT2D eigenvalue weighted by Crippen LogP contribution is 2.07. The van der Waals surface area contributed by atoms with E-state index >= 15 is 0 Å². The van der Waals surface area contributed by atoms with Crippen LogP contribution in [0.1, 0.15) is 59.3 Å². The van der Waals surface area contributed by atoms with Crippen LogP contribution in [-0.4, -0.2) is 153 Å². The van der Waals surface area contributed by atoms with E-state index in [0.29, 0.717) is 15.2 Å². The third-order valence-electron chi connectivity index (χ3n) is 7.28. The van der Waals surface area contributed by atoms with Gasteiger partial charge in [0.15, 0.2) is 0 Å². The summed E-state index contributed by atoms with van der Waals surface area (Å²) in [5, 5.41) is 53.9. The molecule has 0 bridgehead atoms. The molecule has 0 spiro atoms. The minimum absolute atomic E-state index is 0.0290. The van der Waals surface area contributed by atoms with Gasteiger partial charge in [0.25, 0.3) is 0 Å². The van der Waals surface area contributed by atoms with E-state index in [4.69, 9.17) is 0 Å². The fraction of sp³-hybridized carbons (Fsp3) is 0.679. The fourth-order valence-electron chi connectivity index (χ4n) is 4.42. The zero-order chi connectivity index (χ0) is 38.0. The van der Waals surface area contributed by atoms with Crippen LogP contribution < -0.4 is 31.9 Å². The molecule has 1 saturated heterocycles. The molecule has 0 aromatic carbocycles. The lowest BCUT2D eigenvalue weighted by molar-refractivity contribution is -0.163. The number of amides is 9. The zero-order valence-electron chi connectivity index (χ0n) is 28.1. The number of aliphatic hydroxyl groups is 1. The van der Waals surface area contributed by atoms with Crippen molar-refractivity contribution in [3.63, 3.8) is 0 Å². The molecule has 9 amide bonds. The van der Waals surface area contributed by atoms with Gasteiger partial charge < -0.3 is 37.0 Å². The van der Waals surface area contributed by atoms with Crippen LogP contribution in [0.15, 0.2) is 0 Å². The van der Waals surface area contributed by atoms with Crippen LogP contribution >= 0.6 is 0 Å². The lowest BCUT2D eigenvalue weighted by atomic mass is 10.1. The fourth-order valence-corrected chi connectivity index (χ4v) is 4.42. The Labute approximate surface area is 287 Å². The summed E-state index contributed by atoms with van der Waals surface area (Å²) >= 11 is 0. The highest BCUT2D eigenvalue weighted by Gasteiger charge is 2.31. The van der Waals surface area contributed by atoms with Gasteiger partial charge in [-0.15, -0.1) is 0 Å². The van der Waals surface area contributed by atoms with Crippen molar-refractivity contribution in [3.8, 4) is 0 Å². The highest BCUT2D eigenvalue weighted by molar-refractivity contribution is 5.96. The maximum atomic E-state index is 13.6. The van der Waals surface area contributed by atoms with Gasteiger partial charge in [-0.2, -0.15) is 0 Å². The maximum Gasteiger partial charge on any atom is 0.245 e. The summed E-state index contributed by atoms with van der Waals surface area (Å²) in [5.74, 6) is -7.64. The average Bonchev–Trinajstić information content (AvgIpc) is 3.05. The van der Waals surface area contributed by atoms with Crippen molar-refractivity contribution < 1.29 is 63.9 Å². The van der Waals surface area contributed by atoms with Crippen molar-refractivity contribution in [2.75, 3.05) is 39.3 Å². The summed E-state index contributed by atoms with van der Waals surface area (Å²) in [7, 11) is 0. The van der Waals surface area contributed by atoms with E-state index in [1.807, 2.05) is 0 Å². The first-order chi connectivity index (χ1) is 23.5. The SMILES string of the molecule is CC(=O)N(O)CCC[C@@H]1NC(=O)CNC(=O)[C@H](CO)NC(=O)CNC(=O)[C@H](CCCN(O)C(C)=O)NC(=O)[C@@H](CCCN(O)C(C)=O)NC1=O. The van der Waals surface area contributed by atoms with Crippen LogP contribution in [0.2, 0.25) is 0 Å². The van der Waals surface area contributed by atoms with Crippen molar-refractivity contribution in [2.45, 2.75) is 83.5 Å². The van der Waals surface area contributed by atoms with Gasteiger partial charge in [0.1, 0.15) is 24.2 Å². The van der Waals surface area contributed by atoms with E-state index in [0.717, 1.165) is 20.8 Å². The van der Waals surface area contributed by atoms with Gasteiger partial charge in [-0.3, -0.25) is 58.8 Å². The molecule has 50 heavy (non-hydrogen) atoms. The molecule has 0 aliphatic carbocycles. The van der Waals surface area contributed by atoms with E-state index in [2.05, 4.69) is 31.9 Å². The second kappa shape index (κ2) is 21.9. The maximum absolute atomic E-state index is 13.6. The number of carbonyl (C=O) groups excluding carboxylic acids is 9. The van der Waals surface area contributed by atoms with E-state index in [1.54, 1.807) is 0 Å². The minimum atomic E-state index is -1.54. The van der Waals surface area contributed by atoms with Crippen LogP contribution in [0.3, 0.4) is 0 Å². The first kappa shape index (κ1) is 43.1. The Kier molecular flexibility index (Phi) is 18.9. The molecule has 1 heterocycles. The second-order valence-corrected chi connectivity index (χ2v) is 11.3. The summed E-state index contributed by atoms with van der Waals surface area (Å²) in [6.45, 7) is 0.217. The molecule has 282 valence electrons. The Bertz CT molecular complexity index is 1230. The molecule has 0 aromatic heterocycles. The molecule has 0 aromatic rings. The van der Waals surface area contributed by atoms with Crippen LogP contribution in [0.5, 0.6) is 0 Å². The van der Waals surface area contributed by atoms with Crippen molar-refractivity contribution in [2.24, 2.45) is 0 Å². The molecule has 22 nitrogen and oxygen atoms in total. The Hall–Kier alpha value is -4.93. The molecule has 1 rings (SSSR count). The minimum Gasteiger partial charge on any atom is -0.394 e. The quantitative estimate of drug-likeness (QED) is 0.0633. The number of nitrogens with zero attached hydrogens (tertiary/aromatic N) is 3. The number of hydroxylamine groups is 6. The molecular formula is C28H47N9O13. The molecular weight excluding hydrogens is 670 g/mol. The van der Waals surface area contributed by atoms with Crippen LogP contribution in [0.4, 0.5) is 0 Å². The lowest BCUT2D eigenvalue weighted by Gasteiger charge is -2.26. The van der Waals surface area contributed by atoms with E-state index < -0.39 is 97.0 Å². The molecule has 1 aliphatic rings. The number of hydrogen-bond donors (Lipinski definition) is 10. The zero-order valence-corrected chi connectivity index (χ0v) is 28.1. The first-order valence-electron chi connectivity index (χ1n) is 15.7. The monoisotopic (exact) mass is 717 g/mol. The summed E-state index contributed by atoms with van der Waals surface area (Å²) in [4.78, 5) is 112. The van der Waals surface area contributed by atoms with E-state index in [9.17, 15) is 63.9 Å². The molecule has 0 unspecified atom stereocenters. The molecule has 10 N–H and O–H groups in total. The van der Waals surface area contributed by atoms with E-state index in [-0.39, 0.29) is 58.2 Å². The van der Waals surface area contributed by atoms with Crippen LogP contribution in [0, 0.1) is 0 Å². The number of nitrogens with one attached hydrogen (secondary N) is 6. The second-order valence-electron chi connectivity index (χ2n) is 11.3. The van der Waals surface area contributed by atoms with Crippen LogP contribution in [0.25, 0.3) is 0 Å². The Morgan fingerprint density at radius 1 is 0.540 bits per heavy atom. The predicted octanol–water partition coefficient (Wildman–Crippen LogP) is -4.78. The van der Waals surface area contributed by atoms with Gasteiger partial charge in [-0.1, -0.05) is 0 Å². The van der Waals surface area contributed by atoms with Gasteiger partial charge in [-0.25, -0.2) is 15.2 Å². The summed E-state index contributed by atoms with van der Waals surface area (Å²) in [6.07, 6.45) is -0.685. The Balaban J connectivity index is 3.45. The molecule has 0 saturated carbocycles. The van der Waals surface area contributed by atoms with Gasteiger partial charge in [0, 0.05) is 40.4 Å². The molecule has 22 heteroatoms.